The first-order valence-electron chi connectivity index (χ1n) is 5.32. The van der Waals surface area contributed by atoms with Crippen molar-refractivity contribution in [2.24, 2.45) is 0 Å². The van der Waals surface area contributed by atoms with Crippen molar-refractivity contribution in [1.82, 2.24) is 4.72 Å². The van der Waals surface area contributed by atoms with Crippen LogP contribution in [0.25, 0.3) is 0 Å². The van der Waals surface area contributed by atoms with Crippen molar-refractivity contribution >= 4 is 38.9 Å². The molecule has 2 rings (SSSR count). The third kappa shape index (κ3) is 2.64. The van der Waals surface area contributed by atoms with Gasteiger partial charge in [0, 0.05) is 6.04 Å². The Bertz CT molecular complexity index is 591. The summed E-state index contributed by atoms with van der Waals surface area (Å²) in [6.07, 6.45) is 5.23. The molecule has 7 heteroatoms. The van der Waals surface area contributed by atoms with Crippen molar-refractivity contribution in [3.8, 4) is 0 Å². The number of nitrogen functional groups attached to an aromatic ring is 1. The summed E-state index contributed by atoms with van der Waals surface area (Å²) in [4.78, 5) is -0.0435. The molecule has 1 aliphatic carbocycles. The topological polar surface area (TPSA) is 72.2 Å². The summed E-state index contributed by atoms with van der Waals surface area (Å²) in [5.41, 5.74) is 5.69. The highest BCUT2D eigenvalue weighted by atomic mass is 35.5. The summed E-state index contributed by atoms with van der Waals surface area (Å²) in [6.45, 7) is 0. The SMILES string of the molecule is Nc1c(Cl)ccc(S(=O)(=O)NC2CC=CC2)c1Cl. The monoisotopic (exact) mass is 306 g/mol. The lowest BCUT2D eigenvalue weighted by molar-refractivity contribution is 0.557. The maximum absolute atomic E-state index is 12.2. The zero-order valence-corrected chi connectivity index (χ0v) is 11.7. The molecule has 0 spiro atoms. The molecular weight excluding hydrogens is 295 g/mol. The fourth-order valence-corrected chi connectivity index (χ4v) is 3.78. The number of anilines is 1. The van der Waals surface area contributed by atoms with Gasteiger partial charge in [0.25, 0.3) is 0 Å². The van der Waals surface area contributed by atoms with Gasteiger partial charge in [0.05, 0.1) is 15.7 Å². The van der Waals surface area contributed by atoms with E-state index < -0.39 is 10.0 Å². The maximum atomic E-state index is 12.2. The van der Waals surface area contributed by atoms with Gasteiger partial charge < -0.3 is 5.73 Å². The number of sulfonamides is 1. The van der Waals surface area contributed by atoms with Gasteiger partial charge in [-0.3, -0.25) is 0 Å². The smallest absolute Gasteiger partial charge is 0.242 e. The van der Waals surface area contributed by atoms with Gasteiger partial charge in [-0.2, -0.15) is 0 Å². The second kappa shape index (κ2) is 5.09. The number of hydrogen-bond acceptors (Lipinski definition) is 3. The predicted molar refractivity (Wildman–Crippen MR) is 73.4 cm³/mol. The third-order valence-corrected chi connectivity index (χ3v) is 5.12. The van der Waals surface area contributed by atoms with Gasteiger partial charge in [-0.15, -0.1) is 0 Å². The van der Waals surface area contributed by atoms with Crippen molar-refractivity contribution in [1.29, 1.82) is 0 Å². The van der Waals surface area contributed by atoms with Crippen LogP contribution in [0, 0.1) is 0 Å². The molecule has 18 heavy (non-hydrogen) atoms. The number of rotatable bonds is 3. The van der Waals surface area contributed by atoms with Gasteiger partial charge in [0.2, 0.25) is 10.0 Å². The summed E-state index contributed by atoms with van der Waals surface area (Å²) >= 11 is 11.7. The summed E-state index contributed by atoms with van der Waals surface area (Å²) in [5, 5.41) is 0.197. The van der Waals surface area contributed by atoms with Crippen molar-refractivity contribution in [3.05, 3.63) is 34.3 Å². The Hall–Kier alpha value is -0.750. The molecule has 4 nitrogen and oxygen atoms in total. The van der Waals surface area contributed by atoms with E-state index in [-0.39, 0.29) is 26.7 Å². The van der Waals surface area contributed by atoms with Crippen molar-refractivity contribution in [2.75, 3.05) is 5.73 Å². The average Bonchev–Trinajstić information content (AvgIpc) is 2.77. The van der Waals surface area contributed by atoms with Crippen LogP contribution in [0.2, 0.25) is 10.0 Å². The van der Waals surface area contributed by atoms with E-state index in [4.69, 9.17) is 28.9 Å². The van der Waals surface area contributed by atoms with Gasteiger partial charge >= 0.3 is 0 Å². The Morgan fingerprint density at radius 3 is 2.44 bits per heavy atom. The number of nitrogens with one attached hydrogen (secondary N) is 1. The standard InChI is InChI=1S/C11H12Cl2N2O2S/c12-8-5-6-9(10(13)11(8)14)18(16,17)15-7-3-1-2-4-7/h1-2,5-7,15H,3-4,14H2. The zero-order valence-electron chi connectivity index (χ0n) is 9.36. The highest BCUT2D eigenvalue weighted by molar-refractivity contribution is 7.89. The fourth-order valence-electron chi connectivity index (χ4n) is 1.75. The first kappa shape index (κ1) is 13.7. The van der Waals surface area contributed by atoms with Crippen LogP contribution in [0.1, 0.15) is 12.8 Å². The van der Waals surface area contributed by atoms with Gasteiger partial charge in [0.15, 0.2) is 0 Å². The van der Waals surface area contributed by atoms with E-state index in [9.17, 15) is 8.42 Å². The Kier molecular flexibility index (Phi) is 3.87. The number of hydrogen-bond donors (Lipinski definition) is 2. The summed E-state index contributed by atoms with van der Waals surface area (Å²) < 4.78 is 26.9. The van der Waals surface area contributed by atoms with Crippen molar-refractivity contribution < 1.29 is 8.42 Å². The van der Waals surface area contributed by atoms with Gasteiger partial charge in [0.1, 0.15) is 4.90 Å². The van der Waals surface area contributed by atoms with Crippen LogP contribution in [0.4, 0.5) is 5.69 Å². The quantitative estimate of drug-likeness (QED) is 0.666. The molecule has 0 radical (unpaired) electrons. The summed E-state index contributed by atoms with van der Waals surface area (Å²) in [6, 6.07) is 2.65. The zero-order chi connectivity index (χ0) is 13.3. The molecular formula is C11H12Cl2N2O2S. The molecule has 0 aliphatic heterocycles. The van der Waals surface area contributed by atoms with E-state index in [2.05, 4.69) is 4.72 Å². The molecule has 3 N–H and O–H groups in total. The molecule has 0 unspecified atom stereocenters. The predicted octanol–water partition coefficient (Wildman–Crippen LogP) is 2.57. The molecule has 0 saturated carbocycles. The molecule has 1 aromatic rings. The molecule has 0 bridgehead atoms. The normalized spacial score (nSPS) is 16.3. The van der Waals surface area contributed by atoms with E-state index in [0.29, 0.717) is 12.8 Å². The van der Waals surface area contributed by atoms with Crippen LogP contribution in [0.3, 0.4) is 0 Å². The summed E-state index contributed by atoms with van der Waals surface area (Å²) in [5.74, 6) is 0. The number of halogens is 2. The molecule has 1 aromatic carbocycles. The van der Waals surface area contributed by atoms with E-state index in [1.807, 2.05) is 12.2 Å². The van der Waals surface area contributed by atoms with Crippen molar-refractivity contribution in [2.45, 2.75) is 23.8 Å². The van der Waals surface area contributed by atoms with Gasteiger partial charge in [-0.1, -0.05) is 35.4 Å². The van der Waals surface area contributed by atoms with Crippen molar-refractivity contribution in [3.63, 3.8) is 0 Å². The maximum Gasteiger partial charge on any atom is 0.242 e. The van der Waals surface area contributed by atoms with Crippen LogP contribution in [-0.4, -0.2) is 14.5 Å². The lowest BCUT2D eigenvalue weighted by atomic mass is 10.3. The lowest BCUT2D eigenvalue weighted by Gasteiger charge is -2.14. The third-order valence-electron chi connectivity index (χ3n) is 2.71. The Balaban J connectivity index is 2.32. The largest absolute Gasteiger partial charge is 0.396 e. The Morgan fingerprint density at radius 1 is 1.22 bits per heavy atom. The Labute approximate surface area is 116 Å². The highest BCUT2D eigenvalue weighted by Gasteiger charge is 2.24. The van der Waals surface area contributed by atoms with E-state index in [1.165, 1.54) is 12.1 Å². The van der Waals surface area contributed by atoms with Crippen LogP contribution < -0.4 is 10.5 Å². The first-order valence-corrected chi connectivity index (χ1v) is 7.56. The molecule has 0 atom stereocenters. The van der Waals surface area contributed by atoms with E-state index in [0.717, 1.165) is 0 Å². The molecule has 0 saturated heterocycles. The van der Waals surface area contributed by atoms with Crippen LogP contribution >= 0.6 is 23.2 Å². The summed E-state index contributed by atoms with van der Waals surface area (Å²) in [7, 11) is -3.67. The van der Waals surface area contributed by atoms with Crippen LogP contribution in [0.5, 0.6) is 0 Å². The minimum atomic E-state index is -3.67. The highest BCUT2D eigenvalue weighted by Crippen LogP contribution is 2.33. The molecule has 0 amide bonds. The number of nitrogens with two attached hydrogens (primary N) is 1. The molecule has 98 valence electrons. The van der Waals surface area contributed by atoms with Crippen LogP contribution in [-0.2, 0) is 10.0 Å². The number of benzene rings is 1. The second-order valence-corrected chi connectivity index (χ2v) is 6.50. The van der Waals surface area contributed by atoms with Gasteiger partial charge in [-0.05, 0) is 25.0 Å². The van der Waals surface area contributed by atoms with E-state index >= 15 is 0 Å². The molecule has 0 fully saturated rings. The minimum Gasteiger partial charge on any atom is -0.396 e. The first-order chi connectivity index (χ1) is 8.42. The molecule has 1 aliphatic rings. The molecule has 0 aromatic heterocycles. The Morgan fingerprint density at radius 2 is 1.83 bits per heavy atom. The average molecular weight is 307 g/mol. The molecule has 0 heterocycles. The lowest BCUT2D eigenvalue weighted by Crippen LogP contribution is -2.33. The second-order valence-electron chi connectivity index (χ2n) is 4.03. The van der Waals surface area contributed by atoms with Crippen LogP contribution in [0.15, 0.2) is 29.2 Å². The van der Waals surface area contributed by atoms with Gasteiger partial charge in [-0.25, -0.2) is 13.1 Å². The van der Waals surface area contributed by atoms with E-state index in [1.54, 1.807) is 0 Å². The minimum absolute atomic E-state index is 0.0408. The fraction of sp³-hybridized carbons (Fsp3) is 0.273.